The first-order chi connectivity index (χ1) is 15.1. The molecule has 31 heavy (non-hydrogen) atoms. The van der Waals surface area contributed by atoms with E-state index in [4.69, 9.17) is 5.73 Å². The minimum Gasteiger partial charge on any atom is -0.384 e. The number of H-pyrrole nitrogens is 1. The first-order valence-electron chi connectivity index (χ1n) is 10.2. The van der Waals surface area contributed by atoms with E-state index in [1.54, 1.807) is 16.2 Å². The number of benzene rings is 1. The molecule has 0 fully saturated rings. The highest BCUT2D eigenvalue weighted by atomic mass is 32.1. The van der Waals surface area contributed by atoms with E-state index in [1.165, 1.54) is 0 Å². The molecule has 0 saturated heterocycles. The fraction of sp³-hybridized carbons (Fsp3) is 0.208. The van der Waals surface area contributed by atoms with Crippen LogP contribution in [0.3, 0.4) is 0 Å². The quantitative estimate of drug-likeness (QED) is 0.632. The van der Waals surface area contributed by atoms with E-state index in [0.717, 1.165) is 22.5 Å². The Balaban J connectivity index is 1.69. The van der Waals surface area contributed by atoms with E-state index in [2.05, 4.69) is 23.2 Å². The summed E-state index contributed by atoms with van der Waals surface area (Å²) in [5.74, 6) is 0.776. The SMILES string of the molecule is CC1CC(=O)C2=C(C1)N(c1cc(-c3ccccc3)[nH]n1)C(N)=C(C#N)C2c1ccsc1. The van der Waals surface area contributed by atoms with Gasteiger partial charge >= 0.3 is 0 Å². The smallest absolute Gasteiger partial charge is 0.161 e. The average molecular weight is 428 g/mol. The zero-order valence-corrected chi connectivity index (χ0v) is 17.8. The number of aromatic amines is 1. The summed E-state index contributed by atoms with van der Waals surface area (Å²) in [6.45, 7) is 2.07. The molecule has 0 amide bonds. The van der Waals surface area contributed by atoms with E-state index < -0.39 is 5.92 Å². The summed E-state index contributed by atoms with van der Waals surface area (Å²) < 4.78 is 0. The third-order valence-electron chi connectivity index (χ3n) is 5.93. The summed E-state index contributed by atoms with van der Waals surface area (Å²) in [5.41, 5.74) is 11.3. The molecule has 3 aromatic rings. The molecule has 0 spiro atoms. The van der Waals surface area contributed by atoms with Gasteiger partial charge in [0.25, 0.3) is 0 Å². The maximum atomic E-state index is 13.2. The predicted octanol–water partition coefficient (Wildman–Crippen LogP) is 4.69. The fourth-order valence-electron chi connectivity index (χ4n) is 4.54. The highest BCUT2D eigenvalue weighted by Crippen LogP contribution is 2.47. The third-order valence-corrected chi connectivity index (χ3v) is 6.63. The lowest BCUT2D eigenvalue weighted by molar-refractivity contribution is -0.117. The van der Waals surface area contributed by atoms with Crippen LogP contribution in [-0.2, 0) is 4.79 Å². The predicted molar refractivity (Wildman–Crippen MR) is 121 cm³/mol. The Morgan fingerprint density at radius 2 is 2.06 bits per heavy atom. The van der Waals surface area contributed by atoms with Crippen LogP contribution in [0, 0.1) is 17.2 Å². The topological polar surface area (TPSA) is 98.8 Å². The Morgan fingerprint density at radius 1 is 1.26 bits per heavy atom. The zero-order chi connectivity index (χ0) is 21.5. The van der Waals surface area contributed by atoms with Gasteiger partial charge in [-0.1, -0.05) is 37.3 Å². The Bertz CT molecular complexity index is 1250. The molecule has 6 nitrogen and oxygen atoms in total. The molecule has 1 aliphatic carbocycles. The lowest BCUT2D eigenvalue weighted by Gasteiger charge is -2.39. The Hall–Kier alpha value is -3.63. The Kier molecular flexibility index (Phi) is 4.72. The molecule has 2 atom stereocenters. The molecule has 0 radical (unpaired) electrons. The number of aromatic nitrogens is 2. The number of anilines is 1. The van der Waals surface area contributed by atoms with Crippen LogP contribution in [0.15, 0.2) is 75.9 Å². The molecule has 0 saturated carbocycles. The summed E-state index contributed by atoms with van der Waals surface area (Å²) in [5, 5.41) is 21.6. The molecule has 0 bridgehead atoms. The van der Waals surface area contributed by atoms with Gasteiger partial charge in [0.2, 0.25) is 0 Å². The van der Waals surface area contributed by atoms with Gasteiger partial charge in [0.1, 0.15) is 5.82 Å². The molecular weight excluding hydrogens is 406 g/mol. The van der Waals surface area contributed by atoms with Crippen molar-refractivity contribution in [2.24, 2.45) is 11.7 Å². The number of carbonyl (C=O) groups is 1. The van der Waals surface area contributed by atoms with Crippen LogP contribution in [-0.4, -0.2) is 16.0 Å². The molecular formula is C24H21N5OS. The van der Waals surface area contributed by atoms with Gasteiger partial charge in [0.05, 0.1) is 23.3 Å². The summed E-state index contributed by atoms with van der Waals surface area (Å²) in [4.78, 5) is 15.0. The van der Waals surface area contributed by atoms with Crippen molar-refractivity contribution in [3.8, 4) is 17.3 Å². The van der Waals surface area contributed by atoms with Crippen LogP contribution in [0.5, 0.6) is 0 Å². The number of hydrogen-bond acceptors (Lipinski definition) is 6. The van der Waals surface area contributed by atoms with Crippen LogP contribution < -0.4 is 10.6 Å². The first kappa shape index (κ1) is 19.3. The number of allylic oxidation sites excluding steroid dienone is 3. The van der Waals surface area contributed by atoms with E-state index >= 15 is 0 Å². The Labute approximate surface area is 184 Å². The standard InChI is InChI=1S/C24H21N5OS/c1-14-9-19-23(20(30)10-14)22(16-7-8-31-13-16)17(12-25)24(26)29(19)21-11-18(27-28-21)15-5-3-2-4-6-15/h2-8,11,13-14,22H,9-10,26H2,1H3,(H,27,28). The van der Waals surface area contributed by atoms with Gasteiger partial charge in [0, 0.05) is 23.8 Å². The van der Waals surface area contributed by atoms with E-state index in [9.17, 15) is 10.1 Å². The number of nitrogens with zero attached hydrogens (tertiary/aromatic N) is 3. The van der Waals surface area contributed by atoms with Crippen LogP contribution in [0.25, 0.3) is 11.3 Å². The lowest BCUT2D eigenvalue weighted by Crippen LogP contribution is -2.40. The molecule has 3 heterocycles. The molecule has 2 aromatic heterocycles. The second-order valence-corrected chi connectivity index (χ2v) is 8.82. The van der Waals surface area contributed by atoms with Crippen molar-refractivity contribution in [1.82, 2.24) is 10.2 Å². The minimum atomic E-state index is -0.421. The van der Waals surface area contributed by atoms with Gasteiger partial charge < -0.3 is 5.73 Å². The molecule has 7 heteroatoms. The van der Waals surface area contributed by atoms with Gasteiger partial charge in [-0.25, -0.2) is 0 Å². The van der Waals surface area contributed by atoms with Crippen molar-refractivity contribution >= 4 is 22.9 Å². The molecule has 1 aromatic carbocycles. The molecule has 2 aliphatic rings. The van der Waals surface area contributed by atoms with Gasteiger partial charge in [-0.3, -0.25) is 14.8 Å². The summed E-state index contributed by atoms with van der Waals surface area (Å²) >= 11 is 1.55. The van der Waals surface area contributed by atoms with E-state index in [-0.39, 0.29) is 11.7 Å². The van der Waals surface area contributed by atoms with Crippen molar-refractivity contribution < 1.29 is 4.79 Å². The van der Waals surface area contributed by atoms with Crippen LogP contribution in [0.1, 0.15) is 31.2 Å². The van der Waals surface area contributed by atoms with Gasteiger partial charge in [0.15, 0.2) is 11.6 Å². The molecule has 5 rings (SSSR count). The van der Waals surface area contributed by atoms with Crippen molar-refractivity contribution in [2.45, 2.75) is 25.7 Å². The number of carbonyl (C=O) groups excluding carboxylic acids is 1. The lowest BCUT2D eigenvalue weighted by atomic mass is 9.74. The summed E-state index contributed by atoms with van der Waals surface area (Å²) in [6, 6.07) is 16.1. The highest BCUT2D eigenvalue weighted by Gasteiger charge is 2.42. The molecule has 2 unspecified atom stereocenters. The zero-order valence-electron chi connectivity index (χ0n) is 17.0. The monoisotopic (exact) mass is 427 g/mol. The normalized spacial score (nSPS) is 21.3. The second-order valence-electron chi connectivity index (χ2n) is 8.04. The number of nitrogens with two attached hydrogens (primary N) is 1. The van der Waals surface area contributed by atoms with Gasteiger partial charge in [-0.05, 0) is 40.3 Å². The van der Waals surface area contributed by atoms with Crippen molar-refractivity contribution in [3.63, 3.8) is 0 Å². The number of rotatable bonds is 3. The van der Waals surface area contributed by atoms with Crippen molar-refractivity contribution in [2.75, 3.05) is 4.90 Å². The molecule has 3 N–H and O–H groups in total. The maximum Gasteiger partial charge on any atom is 0.161 e. The fourth-order valence-corrected chi connectivity index (χ4v) is 5.23. The number of hydrogen-bond donors (Lipinski definition) is 2. The van der Waals surface area contributed by atoms with Crippen molar-refractivity contribution in [1.29, 1.82) is 5.26 Å². The first-order valence-corrected chi connectivity index (χ1v) is 11.1. The Morgan fingerprint density at radius 3 is 2.77 bits per heavy atom. The van der Waals surface area contributed by atoms with Crippen LogP contribution in [0.2, 0.25) is 0 Å². The summed E-state index contributed by atoms with van der Waals surface area (Å²) in [7, 11) is 0. The largest absolute Gasteiger partial charge is 0.384 e. The maximum absolute atomic E-state index is 13.2. The molecule has 1 aliphatic heterocycles. The number of Topliss-reactive ketones (excluding diaryl/α,β-unsaturated/α-hetero) is 1. The third kappa shape index (κ3) is 3.16. The number of nitriles is 1. The van der Waals surface area contributed by atoms with E-state index in [0.29, 0.717) is 35.6 Å². The molecule has 154 valence electrons. The number of nitrogens with one attached hydrogen (secondary N) is 1. The van der Waals surface area contributed by atoms with Crippen LogP contribution in [0.4, 0.5) is 5.82 Å². The minimum absolute atomic E-state index is 0.0778. The number of thiophene rings is 1. The van der Waals surface area contributed by atoms with Crippen molar-refractivity contribution in [3.05, 3.63) is 81.5 Å². The van der Waals surface area contributed by atoms with E-state index in [1.807, 2.05) is 53.2 Å². The van der Waals surface area contributed by atoms with Gasteiger partial charge in [-0.15, -0.1) is 0 Å². The van der Waals surface area contributed by atoms with Crippen LogP contribution >= 0.6 is 11.3 Å². The number of ketones is 1. The average Bonchev–Trinajstić information content (AvgIpc) is 3.46. The van der Waals surface area contributed by atoms with Gasteiger partial charge in [-0.2, -0.15) is 21.7 Å². The second kappa shape index (κ2) is 7.56. The summed E-state index contributed by atoms with van der Waals surface area (Å²) in [6.07, 6.45) is 1.18. The highest BCUT2D eigenvalue weighted by molar-refractivity contribution is 7.08.